The molecule has 3 rings (SSSR count). The lowest BCUT2D eigenvalue weighted by Gasteiger charge is -2.35. The first-order chi connectivity index (χ1) is 12.7. The molecule has 2 N–H and O–H groups in total. The number of aliphatic hydroxyl groups excluding tert-OH is 1. The molecule has 1 fully saturated rings. The van der Waals surface area contributed by atoms with E-state index in [1.807, 2.05) is 66.4 Å². The molecule has 0 spiro atoms. The summed E-state index contributed by atoms with van der Waals surface area (Å²) in [6, 6.07) is 17.9. The lowest BCUT2D eigenvalue weighted by atomic mass is 10.0. The van der Waals surface area contributed by atoms with Crippen LogP contribution in [0.1, 0.15) is 13.3 Å². The number of anilines is 1. The SMILES string of the molecule is CC[C@@H](O)CN1CCN(C(=O)Nc2ccccc2-c2ccccc2)CC1. The number of hydrogen-bond donors (Lipinski definition) is 2. The van der Waals surface area contributed by atoms with Crippen molar-refractivity contribution in [3.8, 4) is 11.1 Å². The number of para-hydroxylation sites is 1. The van der Waals surface area contributed by atoms with Crippen LogP contribution in [0.3, 0.4) is 0 Å². The van der Waals surface area contributed by atoms with Gasteiger partial charge in [0.25, 0.3) is 0 Å². The smallest absolute Gasteiger partial charge is 0.321 e. The van der Waals surface area contributed by atoms with Crippen molar-refractivity contribution in [2.45, 2.75) is 19.4 Å². The zero-order chi connectivity index (χ0) is 18.4. The highest BCUT2D eigenvalue weighted by molar-refractivity contribution is 5.94. The highest BCUT2D eigenvalue weighted by Crippen LogP contribution is 2.27. The van der Waals surface area contributed by atoms with Gasteiger partial charge in [0.1, 0.15) is 0 Å². The minimum absolute atomic E-state index is 0.0657. The first-order valence-electron chi connectivity index (χ1n) is 9.28. The predicted octanol–water partition coefficient (Wildman–Crippen LogP) is 3.27. The number of rotatable bonds is 5. The van der Waals surface area contributed by atoms with Crippen LogP contribution in [0.25, 0.3) is 11.1 Å². The van der Waals surface area contributed by atoms with Gasteiger partial charge in [0.05, 0.1) is 11.8 Å². The van der Waals surface area contributed by atoms with Gasteiger partial charge >= 0.3 is 6.03 Å². The molecule has 0 radical (unpaired) electrons. The number of carbonyl (C=O) groups excluding carboxylic acids is 1. The summed E-state index contributed by atoms with van der Waals surface area (Å²) < 4.78 is 0. The summed E-state index contributed by atoms with van der Waals surface area (Å²) in [5.74, 6) is 0. The number of nitrogens with one attached hydrogen (secondary N) is 1. The number of amides is 2. The summed E-state index contributed by atoms with van der Waals surface area (Å²) in [5.41, 5.74) is 2.93. The third-order valence-electron chi connectivity index (χ3n) is 4.85. The van der Waals surface area contributed by atoms with Gasteiger partial charge < -0.3 is 15.3 Å². The highest BCUT2D eigenvalue weighted by atomic mass is 16.3. The minimum atomic E-state index is -0.284. The summed E-state index contributed by atoms with van der Waals surface area (Å²) in [6.45, 7) is 5.61. The number of benzene rings is 2. The molecule has 26 heavy (non-hydrogen) atoms. The normalized spacial score (nSPS) is 16.3. The second kappa shape index (κ2) is 8.83. The van der Waals surface area contributed by atoms with Crippen LogP contribution in [0.2, 0.25) is 0 Å². The molecule has 2 amide bonds. The molecular weight excluding hydrogens is 326 g/mol. The van der Waals surface area contributed by atoms with Gasteiger partial charge in [-0.3, -0.25) is 4.90 Å². The monoisotopic (exact) mass is 353 g/mol. The van der Waals surface area contributed by atoms with Crippen molar-refractivity contribution >= 4 is 11.7 Å². The van der Waals surface area contributed by atoms with Gasteiger partial charge in [-0.15, -0.1) is 0 Å². The lowest BCUT2D eigenvalue weighted by molar-refractivity contribution is 0.0812. The largest absolute Gasteiger partial charge is 0.392 e. The van der Waals surface area contributed by atoms with Gasteiger partial charge in [-0.2, -0.15) is 0 Å². The molecule has 138 valence electrons. The molecule has 5 heteroatoms. The van der Waals surface area contributed by atoms with Crippen LogP contribution < -0.4 is 5.32 Å². The molecule has 0 bridgehead atoms. The van der Waals surface area contributed by atoms with Crippen molar-refractivity contribution in [3.05, 3.63) is 54.6 Å². The van der Waals surface area contributed by atoms with Crippen molar-refractivity contribution in [1.82, 2.24) is 9.80 Å². The molecule has 0 aliphatic carbocycles. The van der Waals surface area contributed by atoms with Crippen LogP contribution in [0, 0.1) is 0 Å². The first-order valence-corrected chi connectivity index (χ1v) is 9.28. The van der Waals surface area contributed by atoms with Gasteiger partial charge in [-0.1, -0.05) is 55.5 Å². The number of nitrogens with zero attached hydrogens (tertiary/aromatic N) is 2. The molecule has 0 unspecified atom stereocenters. The fraction of sp³-hybridized carbons (Fsp3) is 0.381. The third kappa shape index (κ3) is 4.62. The zero-order valence-corrected chi connectivity index (χ0v) is 15.3. The van der Waals surface area contributed by atoms with Crippen molar-refractivity contribution in [1.29, 1.82) is 0 Å². The van der Waals surface area contributed by atoms with Crippen LogP contribution in [0.4, 0.5) is 10.5 Å². The van der Waals surface area contributed by atoms with Crippen molar-refractivity contribution in [2.24, 2.45) is 0 Å². The van der Waals surface area contributed by atoms with Gasteiger partial charge in [0.2, 0.25) is 0 Å². The molecule has 0 saturated carbocycles. The van der Waals surface area contributed by atoms with Crippen LogP contribution >= 0.6 is 0 Å². The maximum absolute atomic E-state index is 12.7. The molecule has 2 aromatic carbocycles. The number of piperazine rings is 1. The van der Waals surface area contributed by atoms with E-state index in [4.69, 9.17) is 0 Å². The molecule has 5 nitrogen and oxygen atoms in total. The Balaban J connectivity index is 1.61. The number of carbonyl (C=O) groups is 1. The maximum atomic E-state index is 12.7. The van der Waals surface area contributed by atoms with E-state index in [2.05, 4.69) is 10.2 Å². The predicted molar refractivity (Wildman–Crippen MR) is 105 cm³/mol. The van der Waals surface area contributed by atoms with Crippen molar-refractivity contribution < 1.29 is 9.90 Å². The third-order valence-corrected chi connectivity index (χ3v) is 4.85. The molecule has 1 atom stereocenters. The van der Waals surface area contributed by atoms with Crippen LogP contribution in [0.5, 0.6) is 0 Å². The molecule has 1 aliphatic heterocycles. The lowest BCUT2D eigenvalue weighted by Crippen LogP contribution is -2.51. The topological polar surface area (TPSA) is 55.8 Å². The Bertz CT molecular complexity index is 712. The van der Waals surface area contributed by atoms with Gasteiger partial charge in [0.15, 0.2) is 0 Å². The van der Waals surface area contributed by atoms with E-state index >= 15 is 0 Å². The van der Waals surface area contributed by atoms with E-state index in [9.17, 15) is 9.90 Å². The van der Waals surface area contributed by atoms with E-state index in [-0.39, 0.29) is 12.1 Å². The summed E-state index contributed by atoms with van der Waals surface area (Å²) >= 11 is 0. The second-order valence-corrected chi connectivity index (χ2v) is 6.69. The summed E-state index contributed by atoms with van der Waals surface area (Å²) in [7, 11) is 0. The number of hydrogen-bond acceptors (Lipinski definition) is 3. The molecule has 0 aromatic heterocycles. The maximum Gasteiger partial charge on any atom is 0.321 e. The molecule has 1 heterocycles. The fourth-order valence-electron chi connectivity index (χ4n) is 3.22. The van der Waals surface area contributed by atoms with E-state index in [0.29, 0.717) is 19.6 Å². The van der Waals surface area contributed by atoms with E-state index in [0.717, 1.165) is 36.3 Å². The average Bonchev–Trinajstić information content (AvgIpc) is 2.69. The summed E-state index contributed by atoms with van der Waals surface area (Å²) in [6.07, 6.45) is 0.477. The fourth-order valence-corrected chi connectivity index (χ4v) is 3.22. The van der Waals surface area contributed by atoms with Gasteiger partial charge in [-0.25, -0.2) is 4.79 Å². The van der Waals surface area contributed by atoms with Crippen LogP contribution in [-0.4, -0.2) is 59.8 Å². The zero-order valence-electron chi connectivity index (χ0n) is 15.3. The Labute approximate surface area is 155 Å². The highest BCUT2D eigenvalue weighted by Gasteiger charge is 2.22. The Hall–Kier alpha value is -2.37. The minimum Gasteiger partial charge on any atom is -0.392 e. The van der Waals surface area contributed by atoms with Crippen LogP contribution in [-0.2, 0) is 0 Å². The average molecular weight is 353 g/mol. The Morgan fingerprint density at radius 1 is 1.04 bits per heavy atom. The number of urea groups is 1. The Kier molecular flexibility index (Phi) is 6.26. The second-order valence-electron chi connectivity index (χ2n) is 6.69. The van der Waals surface area contributed by atoms with Crippen LogP contribution in [0.15, 0.2) is 54.6 Å². The standard InChI is InChI=1S/C21H27N3O2/c1-2-18(25)16-23-12-14-24(15-13-23)21(26)22-20-11-7-6-10-19(20)17-8-4-3-5-9-17/h3-11,18,25H,2,12-16H2,1H3,(H,22,26)/t18-/m1/s1. The van der Waals surface area contributed by atoms with E-state index in [1.165, 1.54) is 0 Å². The summed E-state index contributed by atoms with van der Waals surface area (Å²) in [5, 5.41) is 12.8. The molecular formula is C21H27N3O2. The summed E-state index contributed by atoms with van der Waals surface area (Å²) in [4.78, 5) is 16.7. The molecule has 1 aliphatic rings. The van der Waals surface area contributed by atoms with E-state index < -0.39 is 0 Å². The Morgan fingerprint density at radius 3 is 2.38 bits per heavy atom. The van der Waals surface area contributed by atoms with Gasteiger partial charge in [-0.05, 0) is 18.1 Å². The van der Waals surface area contributed by atoms with E-state index in [1.54, 1.807) is 0 Å². The molecule has 2 aromatic rings. The number of β-amino-alcohol motifs (C(OH)–C–C–N with tert-alkyl or cyclic N) is 1. The molecule has 1 saturated heterocycles. The Morgan fingerprint density at radius 2 is 1.69 bits per heavy atom. The van der Waals surface area contributed by atoms with Gasteiger partial charge in [0, 0.05) is 38.3 Å². The first kappa shape index (κ1) is 18.4. The number of aliphatic hydroxyl groups is 1. The quantitative estimate of drug-likeness (QED) is 0.867. The van der Waals surface area contributed by atoms with Crippen molar-refractivity contribution in [3.63, 3.8) is 0 Å². The van der Waals surface area contributed by atoms with Crippen molar-refractivity contribution in [2.75, 3.05) is 38.0 Å².